The molecule has 21 heavy (non-hydrogen) atoms. The van der Waals surface area contributed by atoms with Gasteiger partial charge in [0.15, 0.2) is 0 Å². The Kier molecular flexibility index (Phi) is 4.34. The number of amides is 1. The number of likely N-dealkylation sites (tertiary alicyclic amines) is 1. The highest BCUT2D eigenvalue weighted by atomic mass is 16.4. The minimum Gasteiger partial charge on any atom is -0.481 e. The van der Waals surface area contributed by atoms with Gasteiger partial charge in [-0.15, -0.1) is 0 Å². The molecule has 6 heteroatoms. The van der Waals surface area contributed by atoms with Crippen LogP contribution in [-0.4, -0.2) is 44.8 Å². The normalized spacial score (nSPS) is 21.1. The van der Waals surface area contributed by atoms with Crippen molar-refractivity contribution in [3.05, 3.63) is 18.5 Å². The van der Waals surface area contributed by atoms with Crippen molar-refractivity contribution in [1.29, 1.82) is 0 Å². The fourth-order valence-electron chi connectivity index (χ4n) is 2.83. The smallest absolute Gasteiger partial charge is 0.309 e. The first-order chi connectivity index (χ1) is 9.84. The highest BCUT2D eigenvalue weighted by molar-refractivity contribution is 5.80. The number of carbonyl (C=O) groups excluding carboxylic acids is 1. The average Bonchev–Trinajstić information content (AvgIpc) is 2.99. The van der Waals surface area contributed by atoms with E-state index >= 15 is 0 Å². The number of carboxylic acids is 1. The Morgan fingerprint density at radius 3 is 2.71 bits per heavy atom. The van der Waals surface area contributed by atoms with Crippen molar-refractivity contribution in [1.82, 2.24) is 14.7 Å². The van der Waals surface area contributed by atoms with Gasteiger partial charge in [0.1, 0.15) is 6.04 Å². The highest BCUT2D eigenvalue weighted by Crippen LogP contribution is 2.34. The molecule has 0 aromatic carbocycles. The van der Waals surface area contributed by atoms with Crippen LogP contribution in [0, 0.1) is 11.3 Å². The molecule has 0 radical (unpaired) electrons. The molecule has 1 amide bonds. The van der Waals surface area contributed by atoms with Crippen LogP contribution in [0.1, 0.15) is 39.7 Å². The molecule has 116 valence electrons. The van der Waals surface area contributed by atoms with E-state index in [1.807, 2.05) is 6.92 Å². The number of aromatic nitrogens is 2. The molecular formula is C15H23N3O3. The SMILES string of the molecule is CC(C(=O)N1CCCC(C(C)(C)C(=O)O)C1)n1cccn1. The summed E-state index contributed by atoms with van der Waals surface area (Å²) < 4.78 is 1.63. The van der Waals surface area contributed by atoms with Gasteiger partial charge in [0.05, 0.1) is 5.41 Å². The van der Waals surface area contributed by atoms with Crippen molar-refractivity contribution in [2.75, 3.05) is 13.1 Å². The van der Waals surface area contributed by atoms with E-state index in [2.05, 4.69) is 5.10 Å². The second-order valence-electron chi connectivity index (χ2n) is 6.31. The van der Waals surface area contributed by atoms with Crippen molar-refractivity contribution >= 4 is 11.9 Å². The lowest BCUT2D eigenvalue weighted by Gasteiger charge is -2.40. The van der Waals surface area contributed by atoms with Crippen molar-refractivity contribution in [3.63, 3.8) is 0 Å². The highest BCUT2D eigenvalue weighted by Gasteiger charge is 2.40. The van der Waals surface area contributed by atoms with E-state index in [0.29, 0.717) is 13.1 Å². The Bertz CT molecular complexity index is 510. The number of rotatable bonds is 4. The lowest BCUT2D eigenvalue weighted by Crippen LogP contribution is -2.48. The first-order valence-electron chi connectivity index (χ1n) is 7.35. The van der Waals surface area contributed by atoms with Gasteiger partial charge in [-0.2, -0.15) is 5.10 Å². The summed E-state index contributed by atoms with van der Waals surface area (Å²) in [7, 11) is 0. The lowest BCUT2D eigenvalue weighted by atomic mass is 9.74. The minimum absolute atomic E-state index is 0.00425. The number of carbonyl (C=O) groups is 2. The molecular weight excluding hydrogens is 270 g/mol. The van der Waals surface area contributed by atoms with Crippen LogP contribution in [0.4, 0.5) is 0 Å². The zero-order valence-corrected chi connectivity index (χ0v) is 12.8. The minimum atomic E-state index is -0.812. The Labute approximate surface area is 124 Å². The predicted molar refractivity (Wildman–Crippen MR) is 77.7 cm³/mol. The third-order valence-corrected chi connectivity index (χ3v) is 4.58. The van der Waals surface area contributed by atoms with Gasteiger partial charge in [-0.3, -0.25) is 14.3 Å². The van der Waals surface area contributed by atoms with Crippen LogP contribution in [0.2, 0.25) is 0 Å². The summed E-state index contributed by atoms with van der Waals surface area (Å²) >= 11 is 0. The molecule has 2 heterocycles. The van der Waals surface area contributed by atoms with Crippen molar-refractivity contribution in [2.24, 2.45) is 11.3 Å². The Morgan fingerprint density at radius 1 is 1.43 bits per heavy atom. The molecule has 1 aliphatic heterocycles. The van der Waals surface area contributed by atoms with Gasteiger partial charge < -0.3 is 10.0 Å². The molecule has 2 atom stereocenters. The summed E-state index contributed by atoms with van der Waals surface area (Å²) in [5.74, 6) is -0.816. The second-order valence-corrected chi connectivity index (χ2v) is 6.31. The van der Waals surface area contributed by atoms with E-state index in [1.165, 1.54) is 0 Å². The summed E-state index contributed by atoms with van der Waals surface area (Å²) in [4.78, 5) is 25.7. The van der Waals surface area contributed by atoms with Gasteiger partial charge in [-0.1, -0.05) is 0 Å². The molecule has 0 spiro atoms. The van der Waals surface area contributed by atoms with Crippen LogP contribution < -0.4 is 0 Å². The summed E-state index contributed by atoms with van der Waals surface area (Å²) in [5.41, 5.74) is -0.812. The number of nitrogens with zero attached hydrogens (tertiary/aromatic N) is 3. The van der Waals surface area contributed by atoms with E-state index in [9.17, 15) is 14.7 Å². The summed E-state index contributed by atoms with van der Waals surface area (Å²) in [6.07, 6.45) is 5.11. The first kappa shape index (κ1) is 15.5. The summed E-state index contributed by atoms with van der Waals surface area (Å²) in [5, 5.41) is 13.5. The molecule has 2 unspecified atom stereocenters. The van der Waals surface area contributed by atoms with E-state index in [-0.39, 0.29) is 17.9 Å². The molecule has 6 nitrogen and oxygen atoms in total. The number of hydrogen-bond acceptors (Lipinski definition) is 3. The zero-order chi connectivity index (χ0) is 15.6. The van der Waals surface area contributed by atoms with Gasteiger partial charge in [-0.05, 0) is 45.6 Å². The largest absolute Gasteiger partial charge is 0.481 e. The van der Waals surface area contributed by atoms with Crippen LogP contribution in [0.5, 0.6) is 0 Å². The number of piperidine rings is 1. The number of hydrogen-bond donors (Lipinski definition) is 1. The standard InChI is InChI=1S/C15H23N3O3/c1-11(18-9-5-7-16-18)13(19)17-8-4-6-12(10-17)15(2,3)14(20)21/h5,7,9,11-12H,4,6,8,10H2,1-3H3,(H,20,21). The maximum absolute atomic E-state index is 12.6. The maximum atomic E-state index is 12.6. The Hall–Kier alpha value is -1.85. The van der Waals surface area contributed by atoms with E-state index in [4.69, 9.17) is 0 Å². The zero-order valence-electron chi connectivity index (χ0n) is 12.8. The molecule has 1 fully saturated rings. The second kappa shape index (κ2) is 5.87. The van der Waals surface area contributed by atoms with E-state index < -0.39 is 11.4 Å². The number of aliphatic carboxylic acids is 1. The van der Waals surface area contributed by atoms with Crippen molar-refractivity contribution < 1.29 is 14.7 Å². The molecule has 1 aromatic heterocycles. The van der Waals surface area contributed by atoms with Crippen molar-refractivity contribution in [3.8, 4) is 0 Å². The maximum Gasteiger partial charge on any atom is 0.309 e. The third-order valence-electron chi connectivity index (χ3n) is 4.58. The van der Waals surface area contributed by atoms with Gasteiger partial charge in [0, 0.05) is 25.5 Å². The fraction of sp³-hybridized carbons (Fsp3) is 0.667. The predicted octanol–water partition coefficient (Wildman–Crippen LogP) is 1.79. The van der Waals surface area contributed by atoms with Crippen molar-refractivity contribution in [2.45, 2.75) is 39.7 Å². The molecule has 1 aliphatic rings. The van der Waals surface area contributed by atoms with Crippen LogP contribution in [0.25, 0.3) is 0 Å². The van der Waals surface area contributed by atoms with Crippen LogP contribution in [0.3, 0.4) is 0 Å². The van der Waals surface area contributed by atoms with Gasteiger partial charge in [0.2, 0.25) is 5.91 Å². The van der Waals surface area contributed by atoms with Gasteiger partial charge >= 0.3 is 5.97 Å². The lowest BCUT2D eigenvalue weighted by molar-refractivity contribution is -0.153. The average molecular weight is 293 g/mol. The van der Waals surface area contributed by atoms with E-state index in [1.54, 1.807) is 41.9 Å². The third kappa shape index (κ3) is 3.09. The Balaban J connectivity index is 2.07. The van der Waals surface area contributed by atoms with Crippen LogP contribution in [0.15, 0.2) is 18.5 Å². The number of carboxylic acid groups (broad SMARTS) is 1. The molecule has 0 bridgehead atoms. The molecule has 1 aromatic rings. The van der Waals surface area contributed by atoms with Crippen LogP contribution >= 0.6 is 0 Å². The van der Waals surface area contributed by atoms with Crippen LogP contribution in [-0.2, 0) is 9.59 Å². The first-order valence-corrected chi connectivity index (χ1v) is 7.35. The molecule has 2 rings (SSSR count). The topological polar surface area (TPSA) is 75.4 Å². The molecule has 0 aliphatic carbocycles. The Morgan fingerprint density at radius 2 is 2.14 bits per heavy atom. The monoisotopic (exact) mass is 293 g/mol. The fourth-order valence-corrected chi connectivity index (χ4v) is 2.83. The van der Waals surface area contributed by atoms with Gasteiger partial charge in [-0.25, -0.2) is 0 Å². The molecule has 1 N–H and O–H groups in total. The quantitative estimate of drug-likeness (QED) is 0.918. The van der Waals surface area contributed by atoms with Gasteiger partial charge in [0.25, 0.3) is 0 Å². The van der Waals surface area contributed by atoms with E-state index in [0.717, 1.165) is 12.8 Å². The summed E-state index contributed by atoms with van der Waals surface area (Å²) in [6.45, 7) is 6.50. The molecule has 1 saturated heterocycles. The summed E-state index contributed by atoms with van der Waals surface area (Å²) in [6, 6.07) is 1.43. The molecule has 0 saturated carbocycles.